The van der Waals surface area contributed by atoms with E-state index in [4.69, 9.17) is 4.42 Å². The summed E-state index contributed by atoms with van der Waals surface area (Å²) in [7, 11) is 0. The van der Waals surface area contributed by atoms with E-state index in [1.807, 2.05) is 6.92 Å². The quantitative estimate of drug-likeness (QED) is 0.534. The average molecular weight is 365 g/mol. The number of benzene rings is 2. The van der Waals surface area contributed by atoms with E-state index in [0.717, 1.165) is 5.76 Å². The zero-order valence-electron chi connectivity index (χ0n) is 14.4. The van der Waals surface area contributed by atoms with Crippen molar-refractivity contribution in [3.05, 3.63) is 89.1 Å². The van der Waals surface area contributed by atoms with Gasteiger partial charge in [-0.05, 0) is 61.5 Å². The number of halogens is 1. The van der Waals surface area contributed by atoms with Gasteiger partial charge in [-0.25, -0.2) is 9.82 Å². The Hall–Kier alpha value is -3.74. The number of carbonyl (C=O) groups excluding carboxylic acids is 2. The number of furan rings is 1. The van der Waals surface area contributed by atoms with E-state index in [-0.39, 0.29) is 0 Å². The van der Waals surface area contributed by atoms with Crippen molar-refractivity contribution >= 4 is 23.7 Å². The number of carbonyl (C=O) groups is 2. The normalized spacial score (nSPS) is 10.7. The molecular formula is C20H16FN3O3. The summed E-state index contributed by atoms with van der Waals surface area (Å²) in [4.78, 5) is 24.3. The van der Waals surface area contributed by atoms with Crippen molar-refractivity contribution in [1.29, 1.82) is 0 Å². The summed E-state index contributed by atoms with van der Waals surface area (Å²) < 4.78 is 18.2. The zero-order valence-corrected chi connectivity index (χ0v) is 14.4. The van der Waals surface area contributed by atoms with Crippen LogP contribution >= 0.6 is 0 Å². The van der Waals surface area contributed by atoms with Gasteiger partial charge in [0.05, 0.1) is 6.21 Å². The molecule has 2 N–H and O–H groups in total. The molecule has 0 bridgehead atoms. The summed E-state index contributed by atoms with van der Waals surface area (Å²) in [5, 5.41) is 6.50. The third kappa shape index (κ3) is 4.88. The van der Waals surface area contributed by atoms with Gasteiger partial charge in [-0.2, -0.15) is 5.10 Å². The molecule has 3 rings (SSSR count). The van der Waals surface area contributed by atoms with Crippen molar-refractivity contribution in [2.75, 3.05) is 5.32 Å². The Morgan fingerprint density at radius 2 is 1.78 bits per heavy atom. The number of hydrogen-bond donors (Lipinski definition) is 2. The van der Waals surface area contributed by atoms with Crippen LogP contribution < -0.4 is 10.7 Å². The highest BCUT2D eigenvalue weighted by Gasteiger charge is 2.09. The molecule has 7 heteroatoms. The van der Waals surface area contributed by atoms with Crippen LogP contribution in [0.3, 0.4) is 0 Å². The minimum Gasteiger partial charge on any atom is -0.460 e. The van der Waals surface area contributed by atoms with E-state index in [1.54, 1.807) is 30.3 Å². The second kappa shape index (κ2) is 8.09. The van der Waals surface area contributed by atoms with Crippen LogP contribution in [0.2, 0.25) is 0 Å². The van der Waals surface area contributed by atoms with Crippen LogP contribution in [-0.4, -0.2) is 18.0 Å². The second-order valence-corrected chi connectivity index (χ2v) is 5.69. The van der Waals surface area contributed by atoms with Crippen LogP contribution in [0.5, 0.6) is 0 Å². The third-order valence-electron chi connectivity index (χ3n) is 3.61. The minimum absolute atomic E-state index is 0.310. The molecule has 0 atom stereocenters. The van der Waals surface area contributed by atoms with E-state index in [0.29, 0.717) is 22.6 Å². The highest BCUT2D eigenvalue weighted by atomic mass is 19.1. The van der Waals surface area contributed by atoms with Gasteiger partial charge in [0.25, 0.3) is 11.8 Å². The molecular weight excluding hydrogens is 349 g/mol. The maximum absolute atomic E-state index is 12.9. The average Bonchev–Trinajstić information content (AvgIpc) is 3.07. The Bertz CT molecular complexity index is 994. The van der Waals surface area contributed by atoms with Gasteiger partial charge >= 0.3 is 0 Å². The van der Waals surface area contributed by atoms with Crippen molar-refractivity contribution in [3.63, 3.8) is 0 Å². The molecule has 3 aromatic rings. The molecule has 1 aromatic heterocycles. The summed E-state index contributed by atoms with van der Waals surface area (Å²) >= 11 is 0. The molecule has 0 fully saturated rings. The van der Waals surface area contributed by atoms with Crippen LogP contribution in [-0.2, 0) is 0 Å². The number of hydrogen-bond acceptors (Lipinski definition) is 4. The first kappa shape index (κ1) is 18.1. The molecule has 0 aliphatic rings. The van der Waals surface area contributed by atoms with E-state index in [9.17, 15) is 14.0 Å². The van der Waals surface area contributed by atoms with Gasteiger partial charge in [-0.3, -0.25) is 9.59 Å². The lowest BCUT2D eigenvalue weighted by Gasteiger charge is -2.07. The van der Waals surface area contributed by atoms with Crippen LogP contribution in [0, 0.1) is 12.7 Å². The van der Waals surface area contributed by atoms with Crippen LogP contribution in [0.1, 0.15) is 32.2 Å². The number of aryl methyl sites for hydroxylation is 1. The molecule has 27 heavy (non-hydrogen) atoms. The second-order valence-electron chi connectivity index (χ2n) is 5.69. The van der Waals surface area contributed by atoms with Gasteiger partial charge in [0, 0.05) is 16.8 Å². The Kier molecular flexibility index (Phi) is 5.41. The van der Waals surface area contributed by atoms with Crippen molar-refractivity contribution < 1.29 is 18.4 Å². The molecule has 0 saturated carbocycles. The van der Waals surface area contributed by atoms with Gasteiger partial charge < -0.3 is 9.73 Å². The van der Waals surface area contributed by atoms with E-state index >= 15 is 0 Å². The summed E-state index contributed by atoms with van der Waals surface area (Å²) in [6.07, 6.45) is 1.39. The fourth-order valence-electron chi connectivity index (χ4n) is 2.28. The first-order valence-electron chi connectivity index (χ1n) is 8.08. The Balaban J connectivity index is 1.63. The fourth-order valence-corrected chi connectivity index (χ4v) is 2.28. The summed E-state index contributed by atoms with van der Waals surface area (Å²) in [6.45, 7) is 1.81. The highest BCUT2D eigenvalue weighted by Crippen LogP contribution is 2.13. The highest BCUT2D eigenvalue weighted by molar-refractivity contribution is 6.05. The monoisotopic (exact) mass is 365 g/mol. The molecule has 0 saturated heterocycles. The van der Waals surface area contributed by atoms with E-state index in [2.05, 4.69) is 15.8 Å². The zero-order chi connectivity index (χ0) is 19.2. The van der Waals surface area contributed by atoms with Crippen molar-refractivity contribution in [2.24, 2.45) is 5.10 Å². The number of amides is 2. The van der Waals surface area contributed by atoms with Crippen LogP contribution in [0.4, 0.5) is 10.1 Å². The molecule has 2 aromatic carbocycles. The molecule has 1 heterocycles. The molecule has 0 aliphatic heterocycles. The number of rotatable bonds is 5. The Labute approximate surface area is 154 Å². The molecule has 136 valence electrons. The van der Waals surface area contributed by atoms with E-state index in [1.165, 1.54) is 36.5 Å². The molecule has 6 nitrogen and oxygen atoms in total. The van der Waals surface area contributed by atoms with Crippen LogP contribution in [0.15, 0.2) is 70.2 Å². The van der Waals surface area contributed by atoms with E-state index < -0.39 is 17.6 Å². The van der Waals surface area contributed by atoms with Gasteiger partial charge in [0.1, 0.15) is 17.3 Å². The molecule has 0 spiro atoms. The fraction of sp³-hybridized carbons (Fsp3) is 0.0500. The standard InChI is InChI=1S/C20H16FN3O3/c1-13-5-10-18(27-13)12-22-24-20(26)15-3-2-4-17(11-15)23-19(25)14-6-8-16(21)9-7-14/h2-12H,1H3,(H,23,25)(H,24,26). The lowest BCUT2D eigenvalue weighted by atomic mass is 10.1. The SMILES string of the molecule is Cc1ccc(C=NNC(=O)c2cccc(NC(=O)c3ccc(F)cc3)c2)o1. The van der Waals surface area contributed by atoms with Crippen molar-refractivity contribution in [1.82, 2.24) is 5.43 Å². The van der Waals surface area contributed by atoms with Crippen molar-refractivity contribution in [3.8, 4) is 0 Å². The summed E-state index contributed by atoms with van der Waals surface area (Å²) in [6, 6.07) is 15.1. The van der Waals surface area contributed by atoms with Crippen LogP contribution in [0.25, 0.3) is 0 Å². The number of nitrogens with zero attached hydrogens (tertiary/aromatic N) is 1. The smallest absolute Gasteiger partial charge is 0.271 e. The molecule has 0 aliphatic carbocycles. The first-order valence-corrected chi connectivity index (χ1v) is 8.08. The molecule has 0 unspecified atom stereocenters. The first-order chi connectivity index (χ1) is 13.0. The maximum atomic E-state index is 12.9. The van der Waals surface area contributed by atoms with Gasteiger partial charge in [0.2, 0.25) is 0 Å². The minimum atomic E-state index is -0.438. The largest absolute Gasteiger partial charge is 0.460 e. The molecule has 2 amide bonds. The lowest BCUT2D eigenvalue weighted by Crippen LogP contribution is -2.18. The summed E-state index contributed by atoms with van der Waals surface area (Å²) in [5.41, 5.74) is 3.45. The van der Waals surface area contributed by atoms with Gasteiger partial charge in [-0.15, -0.1) is 0 Å². The predicted octanol–water partition coefficient (Wildman–Crippen LogP) is 3.74. The van der Waals surface area contributed by atoms with Crippen molar-refractivity contribution in [2.45, 2.75) is 6.92 Å². The summed E-state index contributed by atoms with van der Waals surface area (Å²) in [5.74, 6) is 0.00199. The number of nitrogens with one attached hydrogen (secondary N) is 2. The number of hydrazone groups is 1. The predicted molar refractivity (Wildman–Crippen MR) is 99.3 cm³/mol. The number of anilines is 1. The maximum Gasteiger partial charge on any atom is 0.271 e. The van der Waals surface area contributed by atoms with Gasteiger partial charge in [-0.1, -0.05) is 6.07 Å². The molecule has 0 radical (unpaired) electrons. The lowest BCUT2D eigenvalue weighted by molar-refractivity contribution is 0.0953. The topological polar surface area (TPSA) is 83.7 Å². The van der Waals surface area contributed by atoms with Gasteiger partial charge in [0.15, 0.2) is 0 Å². The third-order valence-corrected chi connectivity index (χ3v) is 3.61. The Morgan fingerprint density at radius 1 is 1.00 bits per heavy atom. The Morgan fingerprint density at radius 3 is 2.48 bits per heavy atom.